The first kappa shape index (κ1) is 19.6. The molecule has 2 aliphatic rings. The Morgan fingerprint density at radius 2 is 1.52 bits per heavy atom. The van der Waals surface area contributed by atoms with E-state index < -0.39 is 0 Å². The molecule has 0 atom stereocenters. The molecule has 5 nitrogen and oxygen atoms in total. The molecule has 5 heteroatoms. The number of nitrogens with one attached hydrogen (secondary N) is 1. The highest BCUT2D eigenvalue weighted by atomic mass is 16.5. The number of methoxy groups -OCH3 is 2. The lowest BCUT2D eigenvalue weighted by molar-refractivity contribution is -0.929. The second kappa shape index (κ2) is 8.44. The highest BCUT2D eigenvalue weighted by Gasteiger charge is 2.37. The molecular formula is C26H28N3O2+. The molecule has 5 rings (SSSR count). The smallest absolute Gasteiger partial charge is 0.140 e. The molecule has 158 valence electrons. The minimum atomic E-state index is 0.414. The summed E-state index contributed by atoms with van der Waals surface area (Å²) in [6.07, 6.45) is 1.88. The van der Waals surface area contributed by atoms with Gasteiger partial charge in [0.25, 0.3) is 0 Å². The number of rotatable bonds is 5. The van der Waals surface area contributed by atoms with Gasteiger partial charge in [0.15, 0.2) is 0 Å². The van der Waals surface area contributed by atoms with Crippen LogP contribution in [0.4, 0.5) is 0 Å². The summed E-state index contributed by atoms with van der Waals surface area (Å²) in [4.78, 5) is 1.61. The first-order valence-corrected chi connectivity index (χ1v) is 10.8. The number of nitrogens with zero attached hydrogens (tertiary/aromatic N) is 2. The highest BCUT2D eigenvalue weighted by Crippen LogP contribution is 2.41. The maximum atomic E-state index is 5.47. The van der Waals surface area contributed by atoms with Gasteiger partial charge in [-0.2, -0.15) is 5.10 Å². The fourth-order valence-corrected chi connectivity index (χ4v) is 4.87. The molecule has 1 heterocycles. The third kappa shape index (κ3) is 3.66. The van der Waals surface area contributed by atoms with Gasteiger partial charge in [-0.15, -0.1) is 0 Å². The predicted octanol–water partition coefficient (Wildman–Crippen LogP) is 3.01. The van der Waals surface area contributed by atoms with E-state index in [1.165, 1.54) is 22.3 Å². The lowest BCUT2D eigenvalue weighted by Crippen LogP contribution is -3.14. The molecule has 1 fully saturated rings. The van der Waals surface area contributed by atoms with Gasteiger partial charge in [-0.3, -0.25) is 5.01 Å². The molecule has 0 spiro atoms. The Labute approximate surface area is 183 Å². The van der Waals surface area contributed by atoms with Gasteiger partial charge in [0.05, 0.1) is 46.6 Å². The fourth-order valence-electron chi connectivity index (χ4n) is 4.87. The Hall–Kier alpha value is -3.31. The SMILES string of the molecule is COc1ccc(OC)c(/C=N\N2CC[NH+](C3c4ccccc4-c4ccccc43)CC2)c1. The Morgan fingerprint density at radius 1 is 0.871 bits per heavy atom. The minimum absolute atomic E-state index is 0.414. The van der Waals surface area contributed by atoms with Crippen LogP contribution < -0.4 is 14.4 Å². The maximum Gasteiger partial charge on any atom is 0.140 e. The number of benzene rings is 3. The summed E-state index contributed by atoms with van der Waals surface area (Å²) < 4.78 is 10.8. The van der Waals surface area contributed by atoms with Crippen LogP contribution >= 0.6 is 0 Å². The van der Waals surface area contributed by atoms with E-state index in [1.807, 2.05) is 24.4 Å². The van der Waals surface area contributed by atoms with Crippen LogP contribution in [0.2, 0.25) is 0 Å². The van der Waals surface area contributed by atoms with E-state index in [4.69, 9.17) is 14.6 Å². The zero-order valence-electron chi connectivity index (χ0n) is 18.0. The second-order valence-electron chi connectivity index (χ2n) is 8.07. The van der Waals surface area contributed by atoms with Crippen LogP contribution in [0.15, 0.2) is 71.8 Å². The number of ether oxygens (including phenoxy) is 2. The number of hydrogen-bond donors (Lipinski definition) is 1. The van der Waals surface area contributed by atoms with Gasteiger partial charge in [0.2, 0.25) is 0 Å². The van der Waals surface area contributed by atoms with Crippen molar-refractivity contribution in [1.29, 1.82) is 0 Å². The van der Waals surface area contributed by atoms with Crippen molar-refractivity contribution in [2.24, 2.45) is 5.10 Å². The third-order valence-corrected chi connectivity index (χ3v) is 6.42. The van der Waals surface area contributed by atoms with Crippen LogP contribution in [0.3, 0.4) is 0 Å². The van der Waals surface area contributed by atoms with Crippen LogP contribution in [0.5, 0.6) is 11.5 Å². The van der Waals surface area contributed by atoms with Crippen LogP contribution in [0, 0.1) is 0 Å². The Balaban J connectivity index is 1.31. The lowest BCUT2D eigenvalue weighted by Gasteiger charge is -2.34. The number of piperazine rings is 1. The molecular weight excluding hydrogens is 386 g/mol. The molecule has 1 aliphatic carbocycles. The molecule has 1 aliphatic heterocycles. The van der Waals surface area contributed by atoms with E-state index in [0.29, 0.717) is 6.04 Å². The van der Waals surface area contributed by atoms with Crippen molar-refractivity contribution in [3.05, 3.63) is 83.4 Å². The Kier molecular flexibility index (Phi) is 5.35. The van der Waals surface area contributed by atoms with Crippen molar-refractivity contribution in [1.82, 2.24) is 5.01 Å². The largest absolute Gasteiger partial charge is 0.497 e. The van der Waals surface area contributed by atoms with Crippen LogP contribution in [0.1, 0.15) is 22.7 Å². The lowest BCUT2D eigenvalue weighted by atomic mass is 10.0. The van der Waals surface area contributed by atoms with Crippen molar-refractivity contribution >= 4 is 6.21 Å². The quantitative estimate of drug-likeness (QED) is 0.653. The third-order valence-electron chi connectivity index (χ3n) is 6.42. The second-order valence-corrected chi connectivity index (χ2v) is 8.07. The molecule has 0 amide bonds. The normalized spacial score (nSPS) is 16.4. The summed E-state index contributed by atoms with van der Waals surface area (Å²) in [7, 11) is 3.35. The monoisotopic (exact) mass is 414 g/mol. The van der Waals surface area contributed by atoms with E-state index in [9.17, 15) is 0 Å². The number of hydrogen-bond acceptors (Lipinski definition) is 4. The maximum absolute atomic E-state index is 5.47. The van der Waals surface area contributed by atoms with E-state index in [-0.39, 0.29) is 0 Å². The van der Waals surface area contributed by atoms with Crippen LogP contribution in [-0.2, 0) is 0 Å². The molecule has 3 aromatic carbocycles. The summed E-state index contributed by atoms with van der Waals surface area (Å²) in [5.74, 6) is 1.60. The van der Waals surface area contributed by atoms with E-state index in [1.54, 1.807) is 19.1 Å². The first-order chi connectivity index (χ1) is 15.3. The average Bonchev–Trinajstić information content (AvgIpc) is 3.17. The number of fused-ring (bicyclic) bond motifs is 3. The predicted molar refractivity (Wildman–Crippen MR) is 123 cm³/mol. The van der Waals surface area contributed by atoms with E-state index in [0.717, 1.165) is 43.2 Å². The Morgan fingerprint density at radius 3 is 2.13 bits per heavy atom. The van der Waals surface area contributed by atoms with Gasteiger partial charge in [0, 0.05) is 16.7 Å². The molecule has 3 aromatic rings. The molecule has 0 bridgehead atoms. The van der Waals surface area contributed by atoms with Crippen molar-refractivity contribution in [2.45, 2.75) is 6.04 Å². The van der Waals surface area contributed by atoms with E-state index >= 15 is 0 Å². The average molecular weight is 415 g/mol. The van der Waals surface area contributed by atoms with Gasteiger partial charge in [-0.05, 0) is 29.3 Å². The molecule has 1 saturated heterocycles. The van der Waals surface area contributed by atoms with Crippen LogP contribution in [0.25, 0.3) is 11.1 Å². The summed E-state index contributed by atoms with van der Waals surface area (Å²) >= 11 is 0. The standard InChI is InChI=1S/C26H27N3O2/c1-30-20-11-12-25(31-2)19(17-20)18-27-29-15-13-28(14-16-29)26-23-9-5-3-7-21(23)22-8-4-6-10-24(22)26/h3-12,17-18,26H,13-16H2,1-2H3/p+1/b27-18-. The molecule has 0 aromatic heterocycles. The topological polar surface area (TPSA) is 38.5 Å². The summed E-state index contributed by atoms with van der Waals surface area (Å²) in [6.45, 7) is 3.97. The van der Waals surface area contributed by atoms with Crippen LogP contribution in [-0.4, -0.2) is 51.6 Å². The molecule has 1 N–H and O–H groups in total. The summed E-state index contributed by atoms with van der Waals surface area (Å²) in [5, 5.41) is 6.91. The zero-order chi connectivity index (χ0) is 21.2. The zero-order valence-corrected chi connectivity index (χ0v) is 18.0. The van der Waals surface area contributed by atoms with Gasteiger partial charge in [0.1, 0.15) is 17.5 Å². The first-order valence-electron chi connectivity index (χ1n) is 10.8. The van der Waals surface area contributed by atoms with Crippen molar-refractivity contribution < 1.29 is 14.4 Å². The molecule has 0 radical (unpaired) electrons. The Bertz CT molecular complexity index is 1060. The number of hydrazone groups is 1. The van der Waals surface area contributed by atoms with E-state index in [2.05, 4.69) is 53.5 Å². The molecule has 0 unspecified atom stereocenters. The van der Waals surface area contributed by atoms with Crippen molar-refractivity contribution in [3.8, 4) is 22.6 Å². The summed E-state index contributed by atoms with van der Waals surface area (Å²) in [5.41, 5.74) is 6.62. The number of quaternary nitrogens is 1. The van der Waals surface area contributed by atoms with Gasteiger partial charge >= 0.3 is 0 Å². The highest BCUT2D eigenvalue weighted by molar-refractivity contribution is 5.84. The summed E-state index contributed by atoms with van der Waals surface area (Å²) in [6, 6.07) is 23.9. The van der Waals surface area contributed by atoms with Crippen molar-refractivity contribution in [3.63, 3.8) is 0 Å². The van der Waals surface area contributed by atoms with Gasteiger partial charge in [-0.1, -0.05) is 48.5 Å². The van der Waals surface area contributed by atoms with Crippen molar-refractivity contribution in [2.75, 3.05) is 40.4 Å². The molecule has 31 heavy (non-hydrogen) atoms. The fraction of sp³-hybridized carbons (Fsp3) is 0.269. The molecule has 0 saturated carbocycles. The van der Waals surface area contributed by atoms with Gasteiger partial charge in [-0.25, -0.2) is 0 Å². The minimum Gasteiger partial charge on any atom is -0.497 e. The van der Waals surface area contributed by atoms with Gasteiger partial charge < -0.3 is 14.4 Å².